The van der Waals surface area contributed by atoms with Crippen LogP contribution in [0.2, 0.25) is 0 Å². The number of rotatable bonds is 3. The molecule has 1 aliphatic heterocycles. The molecular formula is C17H19NO2S. The minimum Gasteiger partial charge on any atom is -0.383 e. The number of aliphatic hydroxyl groups excluding tert-OH is 1. The number of hydrogen-bond donors (Lipinski definition) is 2. The molecule has 0 aliphatic carbocycles. The summed E-state index contributed by atoms with van der Waals surface area (Å²) in [7, 11) is 0. The lowest BCUT2D eigenvalue weighted by Crippen LogP contribution is -2.26. The van der Waals surface area contributed by atoms with E-state index in [2.05, 4.69) is 12.2 Å². The van der Waals surface area contributed by atoms with Gasteiger partial charge in [-0.2, -0.15) is 0 Å². The quantitative estimate of drug-likeness (QED) is 0.909. The molecule has 2 aromatic rings. The molecule has 0 saturated carbocycles. The van der Waals surface area contributed by atoms with Crippen LogP contribution in [0.15, 0.2) is 29.6 Å². The van der Waals surface area contributed by atoms with Gasteiger partial charge in [-0.1, -0.05) is 19.1 Å². The molecule has 3 nitrogen and oxygen atoms in total. The summed E-state index contributed by atoms with van der Waals surface area (Å²) in [4.78, 5) is 13.1. The summed E-state index contributed by atoms with van der Waals surface area (Å²) < 4.78 is 0. The summed E-state index contributed by atoms with van der Waals surface area (Å²) in [6.45, 7) is 5.91. The van der Waals surface area contributed by atoms with Crippen LogP contribution in [0.25, 0.3) is 0 Å². The van der Waals surface area contributed by atoms with Crippen LogP contribution < -0.4 is 5.32 Å². The van der Waals surface area contributed by atoms with Crippen LogP contribution in [0, 0.1) is 0 Å². The van der Waals surface area contributed by atoms with Crippen LogP contribution in [0.1, 0.15) is 48.4 Å². The van der Waals surface area contributed by atoms with Crippen molar-refractivity contribution in [2.24, 2.45) is 0 Å². The smallest absolute Gasteiger partial charge is 0.234 e. The molecule has 1 aromatic heterocycles. The first-order chi connectivity index (χ1) is 9.95. The fourth-order valence-electron chi connectivity index (χ4n) is 2.81. The summed E-state index contributed by atoms with van der Waals surface area (Å²) in [6, 6.07) is 7.84. The number of fused-ring (bicyclic) bond motifs is 1. The Morgan fingerprint density at radius 3 is 2.76 bits per heavy atom. The third kappa shape index (κ3) is 2.19. The van der Waals surface area contributed by atoms with Gasteiger partial charge in [0.2, 0.25) is 5.91 Å². The Morgan fingerprint density at radius 2 is 2.14 bits per heavy atom. The van der Waals surface area contributed by atoms with Gasteiger partial charge in [-0.3, -0.25) is 4.79 Å². The van der Waals surface area contributed by atoms with Gasteiger partial charge >= 0.3 is 0 Å². The zero-order chi connectivity index (χ0) is 15.2. The SMILES string of the molecule is CCc1cc(C(O)c2cccs2)cc2c1NC(=O)C2(C)C. The lowest BCUT2D eigenvalue weighted by Gasteiger charge is -2.19. The highest BCUT2D eigenvalue weighted by Crippen LogP contribution is 2.42. The van der Waals surface area contributed by atoms with E-state index in [1.165, 1.54) is 0 Å². The van der Waals surface area contributed by atoms with Crippen molar-refractivity contribution in [1.82, 2.24) is 0 Å². The van der Waals surface area contributed by atoms with E-state index in [4.69, 9.17) is 0 Å². The highest BCUT2D eigenvalue weighted by Gasteiger charge is 2.39. The third-order valence-electron chi connectivity index (χ3n) is 4.23. The van der Waals surface area contributed by atoms with Gasteiger partial charge in [0.05, 0.1) is 5.41 Å². The van der Waals surface area contributed by atoms with Gasteiger partial charge in [-0.25, -0.2) is 0 Å². The highest BCUT2D eigenvalue weighted by atomic mass is 32.1. The Balaban J connectivity index is 2.13. The fraction of sp³-hybridized carbons (Fsp3) is 0.353. The molecule has 1 aliphatic rings. The molecule has 3 rings (SSSR count). The van der Waals surface area contributed by atoms with E-state index in [-0.39, 0.29) is 5.91 Å². The highest BCUT2D eigenvalue weighted by molar-refractivity contribution is 7.10. The van der Waals surface area contributed by atoms with Gasteiger partial charge in [0, 0.05) is 10.6 Å². The fourth-order valence-corrected chi connectivity index (χ4v) is 3.54. The number of carbonyl (C=O) groups excluding carboxylic acids is 1. The second-order valence-electron chi connectivity index (χ2n) is 5.95. The van der Waals surface area contributed by atoms with Gasteiger partial charge < -0.3 is 10.4 Å². The molecular weight excluding hydrogens is 282 g/mol. The normalized spacial score (nSPS) is 17.4. The minimum atomic E-state index is -0.632. The maximum Gasteiger partial charge on any atom is 0.234 e. The van der Waals surface area contributed by atoms with Gasteiger partial charge in [0.25, 0.3) is 0 Å². The number of hydrogen-bond acceptors (Lipinski definition) is 3. The predicted octanol–water partition coefficient (Wildman–Crippen LogP) is 3.62. The summed E-state index contributed by atoms with van der Waals surface area (Å²) in [5.74, 6) is 0.0231. The Bertz CT molecular complexity index is 689. The van der Waals surface area contributed by atoms with E-state index in [1.807, 2.05) is 43.5 Å². The summed E-state index contributed by atoms with van der Waals surface area (Å²) in [6.07, 6.45) is 0.191. The molecule has 0 fully saturated rings. The maximum absolute atomic E-state index is 12.2. The first kappa shape index (κ1) is 14.3. The van der Waals surface area contributed by atoms with Crippen LogP contribution in [-0.4, -0.2) is 11.0 Å². The molecule has 0 radical (unpaired) electrons. The Labute approximate surface area is 128 Å². The molecule has 1 amide bonds. The van der Waals surface area contributed by atoms with Gasteiger partial charge in [-0.15, -0.1) is 11.3 Å². The summed E-state index contributed by atoms with van der Waals surface area (Å²) in [5, 5.41) is 15.5. The topological polar surface area (TPSA) is 49.3 Å². The molecule has 0 saturated heterocycles. The minimum absolute atomic E-state index is 0.0231. The Morgan fingerprint density at radius 1 is 1.38 bits per heavy atom. The third-order valence-corrected chi connectivity index (χ3v) is 5.16. The van der Waals surface area contributed by atoms with Crippen molar-refractivity contribution in [2.45, 2.75) is 38.7 Å². The van der Waals surface area contributed by atoms with Crippen molar-refractivity contribution < 1.29 is 9.90 Å². The Hall–Kier alpha value is -1.65. The van der Waals surface area contributed by atoms with E-state index in [0.717, 1.165) is 33.7 Å². The zero-order valence-corrected chi connectivity index (χ0v) is 13.3. The van der Waals surface area contributed by atoms with E-state index < -0.39 is 11.5 Å². The number of carbonyl (C=O) groups is 1. The van der Waals surface area contributed by atoms with Crippen LogP contribution in [0.5, 0.6) is 0 Å². The number of nitrogens with one attached hydrogen (secondary N) is 1. The number of aryl methyl sites for hydroxylation is 1. The predicted molar refractivity (Wildman–Crippen MR) is 85.9 cm³/mol. The first-order valence-corrected chi connectivity index (χ1v) is 8.03. The van der Waals surface area contributed by atoms with E-state index >= 15 is 0 Å². The van der Waals surface area contributed by atoms with Crippen LogP contribution >= 0.6 is 11.3 Å². The molecule has 4 heteroatoms. The zero-order valence-electron chi connectivity index (χ0n) is 12.4. The average Bonchev–Trinajstić information content (AvgIpc) is 3.06. The molecule has 1 unspecified atom stereocenters. The van der Waals surface area contributed by atoms with E-state index in [1.54, 1.807) is 11.3 Å². The number of thiophene rings is 1. The van der Waals surface area contributed by atoms with Crippen molar-refractivity contribution in [1.29, 1.82) is 0 Å². The maximum atomic E-state index is 12.2. The first-order valence-electron chi connectivity index (χ1n) is 7.15. The number of benzene rings is 1. The van der Waals surface area contributed by atoms with Crippen molar-refractivity contribution >= 4 is 22.9 Å². The molecule has 21 heavy (non-hydrogen) atoms. The molecule has 0 bridgehead atoms. The number of aliphatic hydroxyl groups is 1. The lowest BCUT2D eigenvalue weighted by molar-refractivity contribution is -0.119. The van der Waals surface area contributed by atoms with Crippen LogP contribution in [0.3, 0.4) is 0 Å². The van der Waals surface area contributed by atoms with Gasteiger partial charge in [-0.05, 0) is 54.5 Å². The molecule has 2 N–H and O–H groups in total. The van der Waals surface area contributed by atoms with Crippen molar-refractivity contribution in [3.8, 4) is 0 Å². The van der Waals surface area contributed by atoms with E-state index in [0.29, 0.717) is 0 Å². The molecule has 110 valence electrons. The van der Waals surface area contributed by atoms with Crippen molar-refractivity contribution in [3.05, 3.63) is 51.2 Å². The molecule has 2 heterocycles. The van der Waals surface area contributed by atoms with Crippen LogP contribution in [0.4, 0.5) is 5.69 Å². The second kappa shape index (κ2) is 4.97. The summed E-state index contributed by atoms with van der Waals surface area (Å²) in [5.41, 5.74) is 3.30. The van der Waals surface area contributed by atoms with E-state index in [9.17, 15) is 9.90 Å². The number of amides is 1. The second-order valence-corrected chi connectivity index (χ2v) is 6.93. The van der Waals surface area contributed by atoms with Gasteiger partial charge in [0.15, 0.2) is 0 Å². The number of anilines is 1. The molecule has 1 atom stereocenters. The largest absolute Gasteiger partial charge is 0.383 e. The molecule has 0 spiro atoms. The summed E-state index contributed by atoms with van der Waals surface area (Å²) >= 11 is 1.54. The molecule has 1 aromatic carbocycles. The Kier molecular flexibility index (Phi) is 3.38. The van der Waals surface area contributed by atoms with Gasteiger partial charge in [0.1, 0.15) is 6.10 Å². The van der Waals surface area contributed by atoms with Crippen molar-refractivity contribution in [2.75, 3.05) is 5.32 Å². The standard InChI is InChI=1S/C17H19NO2S/c1-4-10-8-11(15(19)13-6-5-7-21-13)9-12-14(10)18-16(20)17(12,2)3/h5-9,15,19H,4H2,1-3H3,(H,18,20). The monoisotopic (exact) mass is 301 g/mol. The average molecular weight is 301 g/mol. The lowest BCUT2D eigenvalue weighted by atomic mass is 9.83. The van der Waals surface area contributed by atoms with Crippen LogP contribution in [-0.2, 0) is 16.6 Å². The van der Waals surface area contributed by atoms with Crippen molar-refractivity contribution in [3.63, 3.8) is 0 Å².